The van der Waals surface area contributed by atoms with Crippen molar-refractivity contribution in [1.82, 2.24) is 4.90 Å². The van der Waals surface area contributed by atoms with E-state index >= 15 is 0 Å². The van der Waals surface area contributed by atoms with Crippen LogP contribution in [-0.4, -0.2) is 47.0 Å². The zero-order valence-corrected chi connectivity index (χ0v) is 15.2. The van der Waals surface area contributed by atoms with Gasteiger partial charge in [0.2, 0.25) is 0 Å². The number of benzene rings is 1. The Bertz CT molecular complexity index is 656. The fourth-order valence-electron chi connectivity index (χ4n) is 3.76. The second kappa shape index (κ2) is 6.25. The fourth-order valence-corrected chi connectivity index (χ4v) is 3.76. The molecule has 138 valence electrons. The van der Waals surface area contributed by atoms with Gasteiger partial charge in [-0.05, 0) is 44.9 Å². The van der Waals surface area contributed by atoms with Gasteiger partial charge in [-0.1, -0.05) is 12.1 Å². The minimum atomic E-state index is -1.10. The van der Waals surface area contributed by atoms with Crippen molar-refractivity contribution in [3.05, 3.63) is 35.1 Å². The van der Waals surface area contributed by atoms with Crippen molar-refractivity contribution >= 4 is 6.09 Å². The summed E-state index contributed by atoms with van der Waals surface area (Å²) in [6, 6.07) is 4.17. The minimum Gasteiger partial charge on any atom is -0.444 e. The topological polar surface area (TPSA) is 59.0 Å². The molecule has 6 heteroatoms. The fraction of sp³-hybridized carbons (Fsp3) is 0.632. The molecule has 0 saturated carbocycles. The van der Waals surface area contributed by atoms with Crippen molar-refractivity contribution in [3.63, 3.8) is 0 Å². The van der Waals surface area contributed by atoms with E-state index in [0.29, 0.717) is 37.2 Å². The molecule has 2 unspecified atom stereocenters. The quantitative estimate of drug-likeness (QED) is 0.845. The molecular weight excluding hydrogens is 325 g/mol. The van der Waals surface area contributed by atoms with E-state index in [1.807, 2.05) is 20.8 Å². The van der Waals surface area contributed by atoms with Gasteiger partial charge in [-0.15, -0.1) is 0 Å². The zero-order chi connectivity index (χ0) is 18.4. The molecule has 1 amide bonds. The molecule has 0 aromatic heterocycles. The molecule has 1 N–H and O–H groups in total. The van der Waals surface area contributed by atoms with Gasteiger partial charge in [0.1, 0.15) is 11.4 Å². The predicted octanol–water partition coefficient (Wildman–Crippen LogP) is 3.12. The molecule has 2 heterocycles. The van der Waals surface area contributed by atoms with Crippen LogP contribution in [0.4, 0.5) is 9.18 Å². The molecule has 2 aliphatic rings. The van der Waals surface area contributed by atoms with Crippen molar-refractivity contribution in [2.75, 3.05) is 13.2 Å². The number of rotatable bonds is 1. The maximum absolute atomic E-state index is 13.6. The average molecular weight is 351 g/mol. The summed E-state index contributed by atoms with van der Waals surface area (Å²) in [6.07, 6.45) is 0.310. The summed E-state index contributed by atoms with van der Waals surface area (Å²) in [4.78, 5) is 14.3. The Kier molecular flexibility index (Phi) is 4.54. The van der Waals surface area contributed by atoms with Crippen LogP contribution in [0.2, 0.25) is 0 Å². The highest BCUT2D eigenvalue weighted by molar-refractivity contribution is 5.69. The van der Waals surface area contributed by atoms with Crippen LogP contribution in [0.3, 0.4) is 0 Å². The van der Waals surface area contributed by atoms with Gasteiger partial charge in [-0.3, -0.25) is 4.90 Å². The molecule has 2 atom stereocenters. The van der Waals surface area contributed by atoms with Gasteiger partial charge in [0.15, 0.2) is 0 Å². The van der Waals surface area contributed by atoms with Gasteiger partial charge in [0.05, 0.1) is 30.9 Å². The number of ether oxygens (including phenoxy) is 2. The summed E-state index contributed by atoms with van der Waals surface area (Å²) in [7, 11) is 0. The number of amides is 1. The molecule has 1 aromatic rings. The average Bonchev–Trinajstić information content (AvgIpc) is 2.47. The van der Waals surface area contributed by atoms with Crippen molar-refractivity contribution < 1.29 is 23.8 Å². The monoisotopic (exact) mass is 351 g/mol. The maximum Gasteiger partial charge on any atom is 0.410 e. The number of hydrogen-bond acceptors (Lipinski definition) is 4. The van der Waals surface area contributed by atoms with E-state index in [-0.39, 0.29) is 24.0 Å². The third-order valence-electron chi connectivity index (χ3n) is 4.85. The summed E-state index contributed by atoms with van der Waals surface area (Å²) in [6.45, 7) is 7.90. The number of carbonyl (C=O) groups excluding carboxylic acids is 1. The highest BCUT2D eigenvalue weighted by Gasteiger charge is 2.49. The summed E-state index contributed by atoms with van der Waals surface area (Å²) >= 11 is 0. The number of aliphatic hydroxyl groups is 1. The first-order valence-electron chi connectivity index (χ1n) is 8.67. The Hall–Kier alpha value is -1.66. The molecule has 0 spiro atoms. The minimum absolute atomic E-state index is 0.266. The second-order valence-electron chi connectivity index (χ2n) is 8.14. The zero-order valence-electron chi connectivity index (χ0n) is 15.2. The third-order valence-corrected chi connectivity index (χ3v) is 4.85. The predicted molar refractivity (Wildman–Crippen MR) is 90.7 cm³/mol. The summed E-state index contributed by atoms with van der Waals surface area (Å²) in [5, 5.41) is 11.2. The molecule has 5 nitrogen and oxygen atoms in total. The second-order valence-corrected chi connectivity index (χ2v) is 8.14. The maximum atomic E-state index is 13.6. The Morgan fingerprint density at radius 3 is 2.44 bits per heavy atom. The highest BCUT2D eigenvalue weighted by atomic mass is 19.1. The lowest BCUT2D eigenvalue weighted by Crippen LogP contribution is -2.63. The summed E-state index contributed by atoms with van der Waals surface area (Å²) < 4.78 is 24.7. The van der Waals surface area contributed by atoms with Gasteiger partial charge in [-0.25, -0.2) is 9.18 Å². The number of morpholine rings is 1. The molecule has 2 saturated heterocycles. The van der Waals surface area contributed by atoms with Crippen molar-refractivity contribution in [3.8, 4) is 0 Å². The van der Waals surface area contributed by atoms with Crippen LogP contribution in [0, 0.1) is 12.7 Å². The molecule has 0 radical (unpaired) electrons. The number of fused-ring (bicyclic) bond motifs is 2. The largest absolute Gasteiger partial charge is 0.444 e. The Morgan fingerprint density at radius 1 is 1.32 bits per heavy atom. The van der Waals surface area contributed by atoms with Gasteiger partial charge in [0, 0.05) is 12.8 Å². The van der Waals surface area contributed by atoms with E-state index < -0.39 is 11.2 Å². The molecule has 2 fully saturated rings. The van der Waals surface area contributed by atoms with E-state index in [9.17, 15) is 14.3 Å². The van der Waals surface area contributed by atoms with Crippen molar-refractivity contribution in [2.24, 2.45) is 0 Å². The van der Waals surface area contributed by atoms with Crippen LogP contribution >= 0.6 is 0 Å². The van der Waals surface area contributed by atoms with Crippen molar-refractivity contribution in [1.29, 1.82) is 0 Å². The standard InChI is InChI=1S/C19H26FNO4/c1-12-7-13(5-6-16(12)20)19(23)8-14-10-24-11-15(9-19)21(14)17(22)25-18(2,3)4/h5-7,14-15,23H,8-11H2,1-4H3. The van der Waals surface area contributed by atoms with Crippen LogP contribution in [-0.2, 0) is 15.1 Å². The SMILES string of the molecule is Cc1cc(C2(O)CC3COCC(C2)N3C(=O)OC(C)(C)C)ccc1F. The van der Waals surface area contributed by atoms with E-state index in [1.165, 1.54) is 6.07 Å². The highest BCUT2D eigenvalue weighted by Crippen LogP contribution is 2.41. The lowest BCUT2D eigenvalue weighted by molar-refractivity contribution is -0.141. The molecule has 3 rings (SSSR count). The summed E-state index contributed by atoms with van der Waals surface area (Å²) in [5.41, 5.74) is -0.488. The van der Waals surface area contributed by atoms with E-state index in [4.69, 9.17) is 9.47 Å². The Morgan fingerprint density at radius 2 is 1.92 bits per heavy atom. The first-order valence-corrected chi connectivity index (χ1v) is 8.67. The number of halogens is 1. The van der Waals surface area contributed by atoms with E-state index in [2.05, 4.69) is 0 Å². The van der Waals surface area contributed by atoms with Gasteiger partial charge in [-0.2, -0.15) is 0 Å². The van der Waals surface area contributed by atoms with Crippen molar-refractivity contribution in [2.45, 2.75) is 63.8 Å². The third kappa shape index (κ3) is 3.65. The normalized spacial score (nSPS) is 29.4. The Balaban J connectivity index is 1.85. The first kappa shape index (κ1) is 18.1. The number of hydrogen-bond donors (Lipinski definition) is 1. The lowest BCUT2D eigenvalue weighted by Gasteiger charge is -2.51. The van der Waals surface area contributed by atoms with E-state index in [1.54, 1.807) is 24.0 Å². The first-order chi connectivity index (χ1) is 11.6. The summed E-state index contributed by atoms with van der Waals surface area (Å²) in [5.74, 6) is -0.290. The van der Waals surface area contributed by atoms with Crippen LogP contribution in [0.25, 0.3) is 0 Å². The van der Waals surface area contributed by atoms with Gasteiger partial charge in [0.25, 0.3) is 0 Å². The van der Waals surface area contributed by atoms with Crippen LogP contribution < -0.4 is 0 Å². The van der Waals surface area contributed by atoms with E-state index in [0.717, 1.165) is 0 Å². The number of nitrogens with zero attached hydrogens (tertiary/aromatic N) is 1. The molecule has 1 aromatic carbocycles. The van der Waals surface area contributed by atoms with Gasteiger partial charge >= 0.3 is 6.09 Å². The number of aryl methyl sites for hydroxylation is 1. The molecular formula is C19H26FNO4. The smallest absolute Gasteiger partial charge is 0.410 e. The molecule has 0 aliphatic carbocycles. The molecule has 2 bridgehead atoms. The number of piperidine rings is 1. The number of carbonyl (C=O) groups is 1. The van der Waals surface area contributed by atoms with Gasteiger partial charge < -0.3 is 14.6 Å². The molecule has 2 aliphatic heterocycles. The van der Waals surface area contributed by atoms with Crippen LogP contribution in [0.1, 0.15) is 44.7 Å². The van der Waals surface area contributed by atoms with Crippen LogP contribution in [0.15, 0.2) is 18.2 Å². The van der Waals surface area contributed by atoms with Crippen LogP contribution in [0.5, 0.6) is 0 Å². The Labute approximate surface area is 147 Å². The lowest BCUT2D eigenvalue weighted by atomic mass is 9.76. The molecule has 25 heavy (non-hydrogen) atoms.